The Kier molecular flexibility index (Phi) is 6.14. The van der Waals surface area contributed by atoms with Crippen LogP contribution in [0.1, 0.15) is 76.7 Å². The van der Waals surface area contributed by atoms with Crippen LogP contribution in [0.15, 0.2) is 25.8 Å². The molecule has 2 aromatic rings. The van der Waals surface area contributed by atoms with Crippen LogP contribution in [0, 0.1) is 0 Å². The number of aromatic nitrogens is 2. The van der Waals surface area contributed by atoms with E-state index in [1.54, 1.807) is 0 Å². The first-order valence-corrected chi connectivity index (χ1v) is 12.4. The van der Waals surface area contributed by atoms with Gasteiger partial charge in [-0.2, -0.15) is 0 Å². The highest BCUT2D eigenvalue weighted by Crippen LogP contribution is 2.38. The molecule has 2 aliphatic rings. The van der Waals surface area contributed by atoms with E-state index in [0.717, 1.165) is 41.5 Å². The molecule has 30 heavy (non-hydrogen) atoms. The van der Waals surface area contributed by atoms with E-state index < -0.39 is 16.1 Å². The van der Waals surface area contributed by atoms with E-state index in [9.17, 15) is 9.35 Å². The van der Waals surface area contributed by atoms with Gasteiger partial charge in [0.2, 0.25) is 0 Å². The van der Waals surface area contributed by atoms with Crippen LogP contribution in [0.3, 0.4) is 0 Å². The van der Waals surface area contributed by atoms with Gasteiger partial charge in [0.05, 0.1) is 16.6 Å². The number of benzene rings is 1. The molecule has 0 N–H and O–H groups in total. The van der Waals surface area contributed by atoms with E-state index in [0.29, 0.717) is 29.8 Å². The minimum Gasteiger partial charge on any atom is -0.591 e. The standard InChI is InChI=1S/C22H28BrN3O3S/c1-13(25-30(28)22(2,3)4)17-11-15(23)12-18-19(17)24-20(14-7-9-29-10-8-14)26(21(18)27)16-5-6-16/h11-12,14,16H,5-10H2,1-4H3. The Morgan fingerprint density at radius 1 is 1.27 bits per heavy atom. The van der Waals surface area contributed by atoms with Gasteiger partial charge in [-0.05, 0) is 65.5 Å². The first-order chi connectivity index (χ1) is 14.2. The third-order valence-corrected chi connectivity index (χ3v) is 7.57. The molecule has 0 spiro atoms. The van der Waals surface area contributed by atoms with Gasteiger partial charge in [-0.1, -0.05) is 20.3 Å². The lowest BCUT2D eigenvalue weighted by Crippen LogP contribution is -2.29. The molecule has 1 atom stereocenters. The maximum Gasteiger partial charge on any atom is 0.261 e. The molecule has 2 fully saturated rings. The molecular formula is C22H28BrN3O3S. The summed E-state index contributed by atoms with van der Waals surface area (Å²) in [6.45, 7) is 8.92. The van der Waals surface area contributed by atoms with E-state index in [2.05, 4.69) is 20.3 Å². The maximum absolute atomic E-state index is 13.6. The van der Waals surface area contributed by atoms with Crippen LogP contribution in [0.2, 0.25) is 0 Å². The highest BCUT2D eigenvalue weighted by atomic mass is 79.9. The summed E-state index contributed by atoms with van der Waals surface area (Å²) in [5, 5.41) is 0.582. The quantitative estimate of drug-likeness (QED) is 0.458. The van der Waals surface area contributed by atoms with Gasteiger partial charge >= 0.3 is 0 Å². The van der Waals surface area contributed by atoms with Crippen molar-refractivity contribution in [3.63, 3.8) is 0 Å². The number of ether oxygens (including phenoxy) is 1. The number of fused-ring (bicyclic) bond motifs is 1. The van der Waals surface area contributed by atoms with E-state index >= 15 is 0 Å². The molecule has 1 saturated carbocycles. The second-order valence-electron chi connectivity index (χ2n) is 9.15. The second kappa shape index (κ2) is 8.37. The van der Waals surface area contributed by atoms with Crippen molar-refractivity contribution in [1.29, 1.82) is 0 Å². The van der Waals surface area contributed by atoms with Gasteiger partial charge in [-0.25, -0.2) is 4.98 Å². The van der Waals surface area contributed by atoms with E-state index in [1.165, 1.54) is 0 Å². The SMILES string of the molecule is CC(=N[S+]([O-])C(C)(C)C)c1cc(Br)cc2c(=O)n(C3CC3)c(C3CCOCC3)nc12. The Morgan fingerprint density at radius 2 is 1.93 bits per heavy atom. The zero-order chi connectivity index (χ0) is 21.6. The first kappa shape index (κ1) is 22.0. The fourth-order valence-electron chi connectivity index (χ4n) is 3.80. The number of hydrogen-bond acceptors (Lipinski definition) is 5. The zero-order valence-corrected chi connectivity index (χ0v) is 20.3. The van der Waals surface area contributed by atoms with Crippen molar-refractivity contribution in [2.24, 2.45) is 4.40 Å². The zero-order valence-electron chi connectivity index (χ0n) is 17.9. The van der Waals surface area contributed by atoms with Crippen molar-refractivity contribution < 1.29 is 9.29 Å². The highest BCUT2D eigenvalue weighted by Gasteiger charge is 2.33. The minimum atomic E-state index is -1.39. The molecule has 6 nitrogen and oxygen atoms in total. The number of nitrogens with zero attached hydrogens (tertiary/aromatic N) is 3. The molecule has 1 aliphatic carbocycles. The Hall–Kier alpha value is -1.22. The monoisotopic (exact) mass is 493 g/mol. The molecule has 1 aromatic heterocycles. The van der Waals surface area contributed by atoms with E-state index in [1.807, 2.05) is 44.4 Å². The van der Waals surface area contributed by atoms with Crippen LogP contribution in [-0.4, -0.2) is 37.8 Å². The molecule has 4 rings (SSSR count). The molecule has 8 heteroatoms. The molecule has 2 heterocycles. The van der Waals surface area contributed by atoms with Gasteiger partial charge in [0.15, 0.2) is 0 Å². The molecule has 1 saturated heterocycles. The molecule has 162 valence electrons. The summed E-state index contributed by atoms with van der Waals surface area (Å²) < 4.78 is 24.9. The molecule has 0 amide bonds. The normalized spacial score (nSPS) is 20.0. The summed E-state index contributed by atoms with van der Waals surface area (Å²) in [6, 6.07) is 4.01. The van der Waals surface area contributed by atoms with Crippen molar-refractivity contribution in [3.05, 3.63) is 38.3 Å². The predicted octanol–water partition coefficient (Wildman–Crippen LogP) is 4.66. The molecular weight excluding hydrogens is 466 g/mol. The molecule has 0 bridgehead atoms. The molecule has 1 unspecified atom stereocenters. The van der Waals surface area contributed by atoms with Crippen molar-refractivity contribution in [2.45, 2.75) is 70.1 Å². The van der Waals surface area contributed by atoms with Gasteiger partial charge in [-0.3, -0.25) is 9.36 Å². The van der Waals surface area contributed by atoms with Gasteiger partial charge in [-0.15, -0.1) is 0 Å². The number of rotatable bonds is 4. The predicted molar refractivity (Wildman–Crippen MR) is 125 cm³/mol. The van der Waals surface area contributed by atoms with E-state index in [-0.39, 0.29) is 17.5 Å². The van der Waals surface area contributed by atoms with Crippen LogP contribution in [-0.2, 0) is 16.1 Å². The van der Waals surface area contributed by atoms with Gasteiger partial charge in [0.25, 0.3) is 5.56 Å². The summed E-state index contributed by atoms with van der Waals surface area (Å²) >= 11 is 2.15. The van der Waals surface area contributed by atoms with Crippen molar-refractivity contribution >= 4 is 43.9 Å². The van der Waals surface area contributed by atoms with Gasteiger partial charge in [0.1, 0.15) is 21.9 Å². The Bertz CT molecular complexity index is 1050. The largest absolute Gasteiger partial charge is 0.591 e. The maximum atomic E-state index is 13.6. The van der Waals surface area contributed by atoms with Crippen LogP contribution in [0.5, 0.6) is 0 Å². The average Bonchev–Trinajstić information content (AvgIpc) is 3.52. The molecule has 1 aliphatic heterocycles. The van der Waals surface area contributed by atoms with E-state index in [4.69, 9.17) is 9.72 Å². The summed E-state index contributed by atoms with van der Waals surface area (Å²) in [6.07, 6.45) is 3.79. The second-order valence-corrected chi connectivity index (χ2v) is 12.0. The van der Waals surface area contributed by atoms with Crippen LogP contribution < -0.4 is 5.56 Å². The van der Waals surface area contributed by atoms with Gasteiger partial charge < -0.3 is 9.29 Å². The van der Waals surface area contributed by atoms with Crippen LogP contribution >= 0.6 is 15.9 Å². The third kappa shape index (κ3) is 4.38. The van der Waals surface area contributed by atoms with Crippen LogP contribution in [0.4, 0.5) is 0 Å². The Morgan fingerprint density at radius 3 is 2.53 bits per heavy atom. The lowest BCUT2D eigenvalue weighted by molar-refractivity contribution is 0.0825. The average molecular weight is 494 g/mol. The van der Waals surface area contributed by atoms with Crippen molar-refractivity contribution in [1.82, 2.24) is 9.55 Å². The summed E-state index contributed by atoms with van der Waals surface area (Å²) in [7, 11) is 0. The first-order valence-electron chi connectivity index (χ1n) is 10.5. The highest BCUT2D eigenvalue weighted by molar-refractivity contribution is 9.10. The summed E-state index contributed by atoms with van der Waals surface area (Å²) in [5.74, 6) is 1.08. The van der Waals surface area contributed by atoms with Crippen LogP contribution in [0.25, 0.3) is 10.9 Å². The lowest BCUT2D eigenvalue weighted by atomic mass is 9.98. The fourth-order valence-corrected chi connectivity index (χ4v) is 4.88. The third-order valence-electron chi connectivity index (χ3n) is 5.63. The van der Waals surface area contributed by atoms with Crippen molar-refractivity contribution in [3.8, 4) is 0 Å². The number of hydrogen-bond donors (Lipinski definition) is 0. The molecule has 0 radical (unpaired) electrons. The lowest BCUT2D eigenvalue weighted by Gasteiger charge is -2.25. The summed E-state index contributed by atoms with van der Waals surface area (Å²) in [5.41, 5.74) is 2.04. The van der Waals surface area contributed by atoms with Gasteiger partial charge in [0, 0.05) is 35.2 Å². The minimum absolute atomic E-state index is 0.0104. The topological polar surface area (TPSA) is 79.5 Å². The van der Waals surface area contributed by atoms with Crippen molar-refractivity contribution in [2.75, 3.05) is 13.2 Å². The Labute approximate surface area is 188 Å². The molecule has 1 aromatic carbocycles. The smallest absolute Gasteiger partial charge is 0.261 e. The fraction of sp³-hybridized carbons (Fsp3) is 0.591. The Balaban J connectivity index is 1.93. The number of halogens is 1. The summed E-state index contributed by atoms with van der Waals surface area (Å²) in [4.78, 5) is 18.6.